The molecule has 0 heterocycles. The molecule has 40 heavy (non-hydrogen) atoms. The van der Waals surface area contributed by atoms with Crippen LogP contribution in [0.1, 0.15) is 59.0 Å². The molecule has 0 bridgehead atoms. The fourth-order valence-corrected chi connectivity index (χ4v) is 7.32. The number of hydrogen-bond donors (Lipinski definition) is 3. The molecule has 2 aromatic rings. The Kier molecular flexibility index (Phi) is 6.61. The minimum absolute atomic E-state index is 0.00729. The highest BCUT2D eigenvalue weighted by Crippen LogP contribution is 2.53. The van der Waals surface area contributed by atoms with Crippen LogP contribution in [0.4, 0.5) is 0 Å². The van der Waals surface area contributed by atoms with Crippen molar-refractivity contribution in [1.29, 1.82) is 0 Å². The van der Waals surface area contributed by atoms with Crippen LogP contribution in [0.5, 0.6) is 5.75 Å². The third kappa shape index (κ3) is 3.71. The van der Waals surface area contributed by atoms with Gasteiger partial charge in [0, 0.05) is 17.4 Å². The van der Waals surface area contributed by atoms with E-state index >= 15 is 0 Å². The number of benzene rings is 2. The normalized spacial score (nSPS) is 29.6. The quantitative estimate of drug-likeness (QED) is 0.380. The molecule has 0 radical (unpaired) electrons. The zero-order chi connectivity index (χ0) is 29.3. The minimum atomic E-state index is -2.72. The van der Waals surface area contributed by atoms with Gasteiger partial charge in [-0.05, 0) is 65.5 Å². The Morgan fingerprint density at radius 1 is 1.12 bits per heavy atom. The zero-order valence-corrected chi connectivity index (χ0v) is 22.5. The van der Waals surface area contributed by atoms with Gasteiger partial charge in [-0.2, -0.15) is 0 Å². The van der Waals surface area contributed by atoms with E-state index in [-0.39, 0.29) is 24.2 Å². The molecule has 0 spiro atoms. The van der Waals surface area contributed by atoms with E-state index in [1.807, 2.05) is 19.1 Å². The van der Waals surface area contributed by atoms with Crippen LogP contribution in [-0.4, -0.2) is 51.1 Å². The van der Waals surface area contributed by atoms with Crippen molar-refractivity contribution in [3.63, 3.8) is 0 Å². The van der Waals surface area contributed by atoms with Gasteiger partial charge in [0.15, 0.2) is 34.7 Å². The number of primary amides is 1. The second-order valence-corrected chi connectivity index (χ2v) is 11.5. The van der Waals surface area contributed by atoms with E-state index in [1.165, 1.54) is 6.07 Å². The van der Waals surface area contributed by atoms with Crippen LogP contribution in [0.15, 0.2) is 30.3 Å². The van der Waals surface area contributed by atoms with Gasteiger partial charge in [-0.25, -0.2) is 0 Å². The lowest BCUT2D eigenvalue weighted by molar-refractivity contribution is -0.182. The summed E-state index contributed by atoms with van der Waals surface area (Å²) in [5.74, 6) is -12.0. The minimum Gasteiger partial charge on any atom is -0.507 e. The van der Waals surface area contributed by atoms with Crippen LogP contribution < -0.4 is 5.73 Å². The van der Waals surface area contributed by atoms with Crippen LogP contribution in [0.2, 0.25) is 0 Å². The SMILES string of the molecule is CCc1ccc(-c2ccc(O)c3c2C[C@H]2C[C@H]4[C@H](C(C)C)C(=O)C(C(N)=O)C(=O)[C@@]4(O)C(=O)C2C3=O)cc1C=O. The Hall–Kier alpha value is -3.98. The van der Waals surface area contributed by atoms with Crippen molar-refractivity contribution in [3.05, 3.63) is 52.6 Å². The van der Waals surface area contributed by atoms with E-state index in [0.717, 1.165) is 11.8 Å². The van der Waals surface area contributed by atoms with Crippen molar-refractivity contribution in [2.45, 2.75) is 45.6 Å². The van der Waals surface area contributed by atoms with Gasteiger partial charge in [0.1, 0.15) is 12.0 Å². The summed E-state index contributed by atoms with van der Waals surface area (Å²) < 4.78 is 0. The molecule has 3 aliphatic carbocycles. The molecule has 2 aromatic carbocycles. The third-order valence-electron chi connectivity index (χ3n) is 9.16. The first-order valence-electron chi connectivity index (χ1n) is 13.5. The van der Waals surface area contributed by atoms with Gasteiger partial charge < -0.3 is 15.9 Å². The lowest BCUT2D eigenvalue weighted by Gasteiger charge is -2.52. The number of aldehydes is 1. The number of rotatable bonds is 5. The van der Waals surface area contributed by atoms with Crippen molar-refractivity contribution in [2.75, 3.05) is 0 Å². The second-order valence-electron chi connectivity index (χ2n) is 11.5. The van der Waals surface area contributed by atoms with Gasteiger partial charge in [0.2, 0.25) is 5.91 Å². The number of aliphatic hydroxyl groups is 1. The van der Waals surface area contributed by atoms with Crippen molar-refractivity contribution in [2.24, 2.45) is 41.2 Å². The summed E-state index contributed by atoms with van der Waals surface area (Å²) in [5.41, 5.74) is 5.70. The van der Waals surface area contributed by atoms with E-state index in [9.17, 15) is 39.0 Å². The van der Waals surface area contributed by atoms with E-state index < -0.39 is 70.1 Å². The summed E-state index contributed by atoms with van der Waals surface area (Å²) in [7, 11) is 0. The molecule has 3 aliphatic rings. The van der Waals surface area contributed by atoms with E-state index in [0.29, 0.717) is 28.7 Å². The van der Waals surface area contributed by atoms with Crippen molar-refractivity contribution in [3.8, 4) is 16.9 Å². The lowest BCUT2D eigenvalue weighted by Crippen LogP contribution is -2.71. The maximum absolute atomic E-state index is 13.9. The van der Waals surface area contributed by atoms with Crippen molar-refractivity contribution in [1.82, 2.24) is 0 Å². The Labute approximate surface area is 230 Å². The molecule has 6 atom stereocenters. The predicted octanol–water partition coefficient (Wildman–Crippen LogP) is 2.25. The topological polar surface area (TPSA) is 169 Å². The summed E-state index contributed by atoms with van der Waals surface area (Å²) in [6.07, 6.45) is 1.58. The number of carbonyl (C=O) groups is 6. The number of aromatic hydroxyl groups is 1. The summed E-state index contributed by atoms with van der Waals surface area (Å²) in [6.45, 7) is 5.34. The van der Waals surface area contributed by atoms with Gasteiger partial charge >= 0.3 is 0 Å². The van der Waals surface area contributed by atoms with Crippen molar-refractivity contribution >= 4 is 35.3 Å². The largest absolute Gasteiger partial charge is 0.507 e. The van der Waals surface area contributed by atoms with Crippen LogP contribution in [-0.2, 0) is 32.0 Å². The average Bonchev–Trinajstić information content (AvgIpc) is 2.90. The molecular formula is C31H31NO8. The number of aryl methyl sites for hydroxylation is 1. The maximum Gasteiger partial charge on any atom is 0.235 e. The molecule has 2 saturated carbocycles. The molecule has 208 valence electrons. The molecule has 9 heteroatoms. The van der Waals surface area contributed by atoms with Crippen LogP contribution in [0, 0.1) is 35.5 Å². The summed E-state index contributed by atoms with van der Waals surface area (Å²) in [5, 5.41) is 22.4. The monoisotopic (exact) mass is 545 g/mol. The van der Waals surface area contributed by atoms with E-state index in [4.69, 9.17) is 5.73 Å². The number of fused-ring (bicyclic) bond motifs is 3. The Morgan fingerprint density at radius 2 is 1.82 bits per heavy atom. The number of phenolic OH excluding ortho intramolecular Hbond substituents is 1. The number of Topliss-reactive ketones (excluding diaryl/α,β-unsaturated/α-hetero) is 4. The molecule has 2 unspecified atom stereocenters. The standard InChI is InChI=1S/C31H31NO8/c1-4-14-5-6-15(9-17(14)12-33)18-7-8-21(34)24-19(18)10-16-11-20-22(13(2)3)26(35)25(30(32)39)29(38)31(20,40)28(37)23(16)27(24)36/h5-9,12-13,16,20,22-23,25,34,40H,4,10-11H2,1-3H3,(H2,32,39)/t16-,20-,22-,23?,25?,31-/m0/s1. The van der Waals surface area contributed by atoms with Gasteiger partial charge in [0.25, 0.3) is 0 Å². The molecular weight excluding hydrogens is 514 g/mol. The highest BCUT2D eigenvalue weighted by molar-refractivity contribution is 6.32. The van der Waals surface area contributed by atoms with Crippen LogP contribution >= 0.6 is 0 Å². The molecule has 5 rings (SSSR count). The highest BCUT2D eigenvalue weighted by Gasteiger charge is 2.69. The Bertz CT molecular complexity index is 1510. The van der Waals surface area contributed by atoms with Gasteiger partial charge in [-0.15, -0.1) is 0 Å². The summed E-state index contributed by atoms with van der Waals surface area (Å²) in [6, 6.07) is 8.37. The fraction of sp³-hybridized carbons (Fsp3) is 0.419. The average molecular weight is 546 g/mol. The van der Waals surface area contributed by atoms with Gasteiger partial charge in [0.05, 0.1) is 11.5 Å². The van der Waals surface area contributed by atoms with Crippen LogP contribution in [0.25, 0.3) is 11.1 Å². The zero-order valence-electron chi connectivity index (χ0n) is 22.5. The molecule has 2 fully saturated rings. The van der Waals surface area contributed by atoms with Gasteiger partial charge in [-0.1, -0.05) is 39.0 Å². The number of nitrogens with two attached hydrogens (primary N) is 1. The Balaban J connectivity index is 1.66. The van der Waals surface area contributed by atoms with Gasteiger partial charge in [-0.3, -0.25) is 28.8 Å². The lowest BCUT2D eigenvalue weighted by atomic mass is 9.49. The molecule has 4 N–H and O–H groups in total. The maximum atomic E-state index is 13.9. The molecule has 9 nitrogen and oxygen atoms in total. The molecule has 0 saturated heterocycles. The fourth-order valence-electron chi connectivity index (χ4n) is 7.32. The van der Waals surface area contributed by atoms with Crippen LogP contribution in [0.3, 0.4) is 0 Å². The van der Waals surface area contributed by atoms with Crippen molar-refractivity contribution < 1.29 is 39.0 Å². The predicted molar refractivity (Wildman–Crippen MR) is 142 cm³/mol. The first-order valence-corrected chi connectivity index (χ1v) is 13.5. The number of amides is 1. The first kappa shape index (κ1) is 27.6. The summed E-state index contributed by atoms with van der Waals surface area (Å²) in [4.78, 5) is 78.3. The second kappa shape index (κ2) is 9.59. The van der Waals surface area contributed by atoms with E-state index in [2.05, 4.69) is 0 Å². The number of hydrogen-bond acceptors (Lipinski definition) is 8. The molecule has 0 aliphatic heterocycles. The number of ketones is 4. The number of phenols is 1. The van der Waals surface area contributed by atoms with E-state index in [1.54, 1.807) is 26.0 Å². The summed E-state index contributed by atoms with van der Waals surface area (Å²) >= 11 is 0. The molecule has 0 aromatic heterocycles. The first-order chi connectivity index (χ1) is 18.9. The smallest absolute Gasteiger partial charge is 0.235 e. The molecule has 1 amide bonds. The number of carbonyl (C=O) groups excluding carboxylic acids is 6. The third-order valence-corrected chi connectivity index (χ3v) is 9.16. The Morgan fingerprint density at radius 3 is 2.42 bits per heavy atom. The highest BCUT2D eigenvalue weighted by atomic mass is 16.3.